The minimum absolute atomic E-state index is 0.114. The topological polar surface area (TPSA) is 66.6 Å². The molecule has 0 aliphatic heterocycles. The van der Waals surface area contributed by atoms with Crippen molar-refractivity contribution in [2.45, 2.75) is 71.4 Å². The normalized spacial score (nSPS) is 14.3. The number of aliphatic hydroxyl groups excluding tert-OH is 1. The van der Waals surface area contributed by atoms with Gasteiger partial charge in [-0.2, -0.15) is 0 Å². The molecule has 0 saturated heterocycles. The van der Waals surface area contributed by atoms with Gasteiger partial charge in [0, 0.05) is 13.1 Å². The van der Waals surface area contributed by atoms with Crippen LogP contribution >= 0.6 is 0 Å². The molecule has 0 radical (unpaired) electrons. The van der Waals surface area contributed by atoms with Crippen LogP contribution in [0.25, 0.3) is 0 Å². The SMILES string of the molecule is CCCCCN(CCCCC)C(=O)[C@@H](N)[C@@H](C)O. The Balaban J connectivity index is 4.28. The van der Waals surface area contributed by atoms with Gasteiger partial charge in [0.1, 0.15) is 6.04 Å². The third-order valence-electron chi connectivity index (χ3n) is 3.18. The Hall–Kier alpha value is -0.610. The number of hydrogen-bond acceptors (Lipinski definition) is 3. The number of amides is 1. The fraction of sp³-hybridized carbons (Fsp3) is 0.929. The molecule has 2 atom stereocenters. The minimum atomic E-state index is -0.784. The summed E-state index contributed by atoms with van der Waals surface area (Å²) in [6.45, 7) is 7.38. The summed E-state index contributed by atoms with van der Waals surface area (Å²) in [7, 11) is 0. The second kappa shape index (κ2) is 10.3. The van der Waals surface area contributed by atoms with Gasteiger partial charge in [0.2, 0.25) is 5.91 Å². The lowest BCUT2D eigenvalue weighted by Gasteiger charge is -2.27. The highest BCUT2D eigenvalue weighted by Crippen LogP contribution is 2.06. The number of rotatable bonds is 10. The molecule has 0 aromatic rings. The van der Waals surface area contributed by atoms with Gasteiger partial charge in [-0.25, -0.2) is 0 Å². The zero-order valence-electron chi connectivity index (χ0n) is 12.2. The molecule has 4 heteroatoms. The predicted molar refractivity (Wildman–Crippen MR) is 75.3 cm³/mol. The number of hydrogen-bond donors (Lipinski definition) is 2. The highest BCUT2D eigenvalue weighted by molar-refractivity contribution is 5.82. The van der Waals surface area contributed by atoms with Crippen LogP contribution in [0.3, 0.4) is 0 Å². The van der Waals surface area contributed by atoms with Crippen molar-refractivity contribution < 1.29 is 9.90 Å². The van der Waals surface area contributed by atoms with E-state index >= 15 is 0 Å². The average Bonchev–Trinajstić information content (AvgIpc) is 2.35. The molecule has 0 fully saturated rings. The highest BCUT2D eigenvalue weighted by Gasteiger charge is 2.23. The molecule has 0 heterocycles. The molecule has 3 N–H and O–H groups in total. The summed E-state index contributed by atoms with van der Waals surface area (Å²) in [6, 6.07) is -0.784. The van der Waals surface area contributed by atoms with E-state index in [1.165, 1.54) is 0 Å². The Kier molecular flexibility index (Phi) is 9.98. The number of aliphatic hydroxyl groups is 1. The molecule has 0 rings (SSSR count). The quantitative estimate of drug-likeness (QED) is 0.588. The first-order chi connectivity index (χ1) is 8.54. The van der Waals surface area contributed by atoms with Crippen LogP contribution in [0.15, 0.2) is 0 Å². The molecule has 0 aromatic carbocycles. The van der Waals surface area contributed by atoms with Gasteiger partial charge in [0.05, 0.1) is 6.10 Å². The van der Waals surface area contributed by atoms with E-state index in [-0.39, 0.29) is 5.91 Å². The molecule has 4 nitrogen and oxygen atoms in total. The van der Waals surface area contributed by atoms with Crippen LogP contribution < -0.4 is 5.73 Å². The standard InChI is InChI=1S/C14H30N2O2/c1-4-6-8-10-16(11-9-7-5-2)14(18)13(15)12(3)17/h12-13,17H,4-11,15H2,1-3H3/t12-,13+/m1/s1. The van der Waals surface area contributed by atoms with Crippen molar-refractivity contribution in [2.75, 3.05) is 13.1 Å². The summed E-state index contributed by atoms with van der Waals surface area (Å²) in [4.78, 5) is 13.9. The monoisotopic (exact) mass is 258 g/mol. The van der Waals surface area contributed by atoms with Gasteiger partial charge in [0.25, 0.3) is 0 Å². The summed E-state index contributed by atoms with van der Waals surface area (Å²) < 4.78 is 0. The molecule has 0 aliphatic rings. The van der Waals surface area contributed by atoms with Crippen molar-refractivity contribution in [1.82, 2.24) is 4.90 Å². The largest absolute Gasteiger partial charge is 0.391 e. The second-order valence-electron chi connectivity index (χ2n) is 5.01. The zero-order chi connectivity index (χ0) is 14.0. The molecule has 0 aliphatic carbocycles. The third-order valence-corrected chi connectivity index (χ3v) is 3.18. The van der Waals surface area contributed by atoms with Crippen molar-refractivity contribution in [3.05, 3.63) is 0 Å². The summed E-state index contributed by atoms with van der Waals surface area (Å²) in [5.74, 6) is -0.114. The molecule has 0 spiro atoms. The Morgan fingerprint density at radius 1 is 1.11 bits per heavy atom. The zero-order valence-corrected chi connectivity index (χ0v) is 12.2. The summed E-state index contributed by atoms with van der Waals surface area (Å²) in [5, 5.41) is 9.41. The number of nitrogens with zero attached hydrogens (tertiary/aromatic N) is 1. The maximum atomic E-state index is 12.1. The molecule has 0 aromatic heterocycles. The predicted octanol–water partition coefficient (Wildman–Crippen LogP) is 1.90. The Morgan fingerprint density at radius 3 is 1.89 bits per heavy atom. The molecule has 0 unspecified atom stereocenters. The molecule has 18 heavy (non-hydrogen) atoms. The van der Waals surface area contributed by atoms with Crippen LogP contribution in [-0.2, 0) is 4.79 Å². The van der Waals surface area contributed by atoms with Gasteiger partial charge in [0.15, 0.2) is 0 Å². The maximum absolute atomic E-state index is 12.1. The third kappa shape index (κ3) is 6.97. The molecule has 0 saturated carbocycles. The van der Waals surface area contributed by atoms with Crippen LogP contribution in [0.1, 0.15) is 59.3 Å². The van der Waals surface area contributed by atoms with Crippen LogP contribution in [0.2, 0.25) is 0 Å². The smallest absolute Gasteiger partial charge is 0.242 e. The first kappa shape index (κ1) is 17.4. The van der Waals surface area contributed by atoms with E-state index in [0.29, 0.717) is 0 Å². The van der Waals surface area contributed by atoms with Crippen LogP contribution in [0.4, 0.5) is 0 Å². The summed E-state index contributed by atoms with van der Waals surface area (Å²) in [5.41, 5.74) is 5.73. The van der Waals surface area contributed by atoms with Crippen LogP contribution in [-0.4, -0.2) is 41.1 Å². The summed E-state index contributed by atoms with van der Waals surface area (Å²) in [6.07, 6.45) is 5.78. The lowest BCUT2D eigenvalue weighted by Crippen LogP contribution is -2.49. The fourth-order valence-electron chi connectivity index (χ4n) is 1.85. The van der Waals surface area contributed by atoms with Gasteiger partial charge in [-0.3, -0.25) is 4.79 Å². The van der Waals surface area contributed by atoms with Crippen molar-refractivity contribution in [3.8, 4) is 0 Å². The molecule has 108 valence electrons. The molecule has 0 bridgehead atoms. The van der Waals surface area contributed by atoms with Crippen molar-refractivity contribution in [3.63, 3.8) is 0 Å². The maximum Gasteiger partial charge on any atom is 0.242 e. The average molecular weight is 258 g/mol. The molecule has 1 amide bonds. The fourth-order valence-corrected chi connectivity index (χ4v) is 1.85. The Bertz CT molecular complexity index is 210. The number of nitrogens with two attached hydrogens (primary N) is 1. The first-order valence-electron chi connectivity index (χ1n) is 7.27. The van der Waals surface area contributed by atoms with E-state index in [1.807, 2.05) is 4.90 Å². The second-order valence-corrected chi connectivity index (χ2v) is 5.01. The van der Waals surface area contributed by atoms with Gasteiger partial charge in [-0.05, 0) is 19.8 Å². The van der Waals surface area contributed by atoms with E-state index in [2.05, 4.69) is 13.8 Å². The van der Waals surface area contributed by atoms with Crippen molar-refractivity contribution >= 4 is 5.91 Å². The van der Waals surface area contributed by atoms with E-state index in [4.69, 9.17) is 5.73 Å². The molecular weight excluding hydrogens is 228 g/mol. The number of carbonyl (C=O) groups excluding carboxylic acids is 1. The van der Waals surface area contributed by atoms with Crippen molar-refractivity contribution in [2.24, 2.45) is 5.73 Å². The van der Waals surface area contributed by atoms with E-state index in [1.54, 1.807) is 6.92 Å². The first-order valence-corrected chi connectivity index (χ1v) is 7.27. The Labute approximate surface area is 112 Å². The number of carbonyl (C=O) groups is 1. The van der Waals surface area contributed by atoms with Gasteiger partial charge in [-0.15, -0.1) is 0 Å². The number of unbranched alkanes of at least 4 members (excludes halogenated alkanes) is 4. The van der Waals surface area contributed by atoms with Gasteiger partial charge < -0.3 is 15.7 Å². The van der Waals surface area contributed by atoms with E-state index < -0.39 is 12.1 Å². The van der Waals surface area contributed by atoms with E-state index in [0.717, 1.165) is 51.6 Å². The van der Waals surface area contributed by atoms with Crippen molar-refractivity contribution in [1.29, 1.82) is 0 Å². The highest BCUT2D eigenvalue weighted by atomic mass is 16.3. The summed E-state index contributed by atoms with van der Waals surface area (Å²) >= 11 is 0. The van der Waals surface area contributed by atoms with Crippen LogP contribution in [0.5, 0.6) is 0 Å². The lowest BCUT2D eigenvalue weighted by atomic mass is 10.1. The molecular formula is C14H30N2O2. The lowest BCUT2D eigenvalue weighted by molar-refractivity contribution is -0.135. The Morgan fingerprint density at radius 2 is 1.56 bits per heavy atom. The van der Waals surface area contributed by atoms with Crippen LogP contribution in [0, 0.1) is 0 Å². The van der Waals surface area contributed by atoms with Gasteiger partial charge >= 0.3 is 0 Å². The van der Waals surface area contributed by atoms with E-state index in [9.17, 15) is 9.90 Å². The van der Waals surface area contributed by atoms with Gasteiger partial charge in [-0.1, -0.05) is 39.5 Å². The minimum Gasteiger partial charge on any atom is -0.391 e.